The quantitative estimate of drug-likeness (QED) is 0.603. The summed E-state index contributed by atoms with van der Waals surface area (Å²) in [5.41, 5.74) is -0.607. The summed E-state index contributed by atoms with van der Waals surface area (Å²) in [5.74, 6) is 0. The molecule has 32 heavy (non-hydrogen) atoms. The molecule has 0 spiro atoms. The van der Waals surface area contributed by atoms with Crippen molar-refractivity contribution in [3.05, 3.63) is 57.5 Å². The number of nitrogens with zero attached hydrogens (tertiary/aromatic N) is 3. The minimum Gasteiger partial charge on any atom is -0.386 e. The molecule has 170 valence electrons. The van der Waals surface area contributed by atoms with Gasteiger partial charge in [0, 0.05) is 32.6 Å². The number of methoxy groups -OCH3 is 1. The van der Waals surface area contributed by atoms with E-state index in [1.54, 1.807) is 38.4 Å². The normalized spacial score (nSPS) is 15.4. The second kappa shape index (κ2) is 8.63. The Bertz CT molecular complexity index is 1200. The minimum absolute atomic E-state index is 0.103. The molecule has 0 radical (unpaired) electrons. The standard InChI is InChI=1S/C22H22ClF3N4O2/c1-27-18-14-7-8-17(22(24,25)26)28-20(14)30(16-6-4-3-5-15(16)23)21(31)19(18)29-11-9-13(32-2)10-12-29/h3-8,13,27H,9-12H2,1-2H3. The van der Waals surface area contributed by atoms with E-state index in [0.29, 0.717) is 29.9 Å². The third kappa shape index (κ3) is 3.91. The molecule has 3 aromatic rings. The highest BCUT2D eigenvalue weighted by Crippen LogP contribution is 2.36. The van der Waals surface area contributed by atoms with Gasteiger partial charge in [-0.15, -0.1) is 0 Å². The second-order valence-electron chi connectivity index (χ2n) is 7.55. The Kier molecular flexibility index (Phi) is 6.05. The maximum atomic E-state index is 13.8. The third-order valence-corrected chi connectivity index (χ3v) is 6.04. The predicted octanol–water partition coefficient (Wildman–Crippen LogP) is 4.71. The molecule has 1 fully saturated rings. The number of pyridine rings is 2. The van der Waals surface area contributed by atoms with Crippen LogP contribution in [0.25, 0.3) is 16.7 Å². The smallest absolute Gasteiger partial charge is 0.386 e. The van der Waals surface area contributed by atoms with Gasteiger partial charge in [-0.2, -0.15) is 13.2 Å². The summed E-state index contributed by atoms with van der Waals surface area (Å²) < 4.78 is 46.9. The number of nitrogens with one attached hydrogen (secondary N) is 1. The number of benzene rings is 1. The van der Waals surface area contributed by atoms with Crippen molar-refractivity contribution < 1.29 is 17.9 Å². The van der Waals surface area contributed by atoms with Crippen molar-refractivity contribution >= 4 is 34.0 Å². The summed E-state index contributed by atoms with van der Waals surface area (Å²) in [6.07, 6.45) is -3.09. The summed E-state index contributed by atoms with van der Waals surface area (Å²) in [7, 11) is 3.29. The van der Waals surface area contributed by atoms with Crippen LogP contribution in [0.15, 0.2) is 41.2 Å². The number of alkyl halides is 3. The van der Waals surface area contributed by atoms with E-state index < -0.39 is 17.4 Å². The molecular weight excluding hydrogens is 445 g/mol. The largest absolute Gasteiger partial charge is 0.433 e. The van der Waals surface area contributed by atoms with Gasteiger partial charge in [0.05, 0.1) is 22.5 Å². The van der Waals surface area contributed by atoms with Crippen molar-refractivity contribution in [3.8, 4) is 5.69 Å². The summed E-state index contributed by atoms with van der Waals surface area (Å²) in [4.78, 5) is 19.6. The van der Waals surface area contributed by atoms with Crippen molar-refractivity contribution in [2.45, 2.75) is 25.1 Å². The first-order chi connectivity index (χ1) is 15.3. The fourth-order valence-corrected chi connectivity index (χ4v) is 4.35. The van der Waals surface area contributed by atoms with Crippen molar-refractivity contribution in [2.75, 3.05) is 37.5 Å². The monoisotopic (exact) mass is 466 g/mol. The molecule has 2 aromatic heterocycles. The van der Waals surface area contributed by atoms with Gasteiger partial charge in [-0.25, -0.2) is 4.98 Å². The maximum Gasteiger partial charge on any atom is 0.433 e. The molecule has 1 saturated heterocycles. The van der Waals surface area contributed by atoms with Gasteiger partial charge in [-0.3, -0.25) is 9.36 Å². The number of halogens is 4. The highest BCUT2D eigenvalue weighted by Gasteiger charge is 2.34. The topological polar surface area (TPSA) is 59.4 Å². The Hall–Kier alpha value is -2.78. The van der Waals surface area contributed by atoms with E-state index in [0.717, 1.165) is 18.9 Å². The van der Waals surface area contributed by atoms with Gasteiger partial charge in [-0.1, -0.05) is 23.7 Å². The number of aromatic nitrogens is 2. The van der Waals surface area contributed by atoms with Crippen LogP contribution in [0.2, 0.25) is 5.02 Å². The summed E-state index contributed by atoms with van der Waals surface area (Å²) >= 11 is 6.36. The first kappa shape index (κ1) is 22.4. The van der Waals surface area contributed by atoms with Gasteiger partial charge in [0.25, 0.3) is 5.56 Å². The van der Waals surface area contributed by atoms with Crippen molar-refractivity contribution in [3.63, 3.8) is 0 Å². The van der Waals surface area contributed by atoms with Gasteiger partial charge < -0.3 is 15.0 Å². The molecule has 0 unspecified atom stereocenters. The van der Waals surface area contributed by atoms with Crippen LogP contribution >= 0.6 is 11.6 Å². The number of piperidine rings is 1. The first-order valence-corrected chi connectivity index (χ1v) is 10.5. The lowest BCUT2D eigenvalue weighted by Gasteiger charge is -2.34. The Morgan fingerprint density at radius 2 is 1.84 bits per heavy atom. The predicted molar refractivity (Wildman–Crippen MR) is 119 cm³/mol. The fraction of sp³-hybridized carbons (Fsp3) is 0.364. The lowest BCUT2D eigenvalue weighted by Crippen LogP contribution is -2.41. The number of para-hydroxylation sites is 1. The second-order valence-corrected chi connectivity index (χ2v) is 7.96. The van der Waals surface area contributed by atoms with Crippen LogP contribution in [0.1, 0.15) is 18.5 Å². The molecule has 0 saturated carbocycles. The zero-order valence-corrected chi connectivity index (χ0v) is 18.3. The van der Waals surface area contributed by atoms with E-state index in [2.05, 4.69) is 10.3 Å². The van der Waals surface area contributed by atoms with Crippen LogP contribution in [0.3, 0.4) is 0 Å². The van der Waals surface area contributed by atoms with Gasteiger partial charge in [-0.05, 0) is 37.1 Å². The molecule has 0 amide bonds. The zero-order valence-electron chi connectivity index (χ0n) is 17.5. The van der Waals surface area contributed by atoms with E-state index in [1.165, 1.54) is 10.6 Å². The van der Waals surface area contributed by atoms with E-state index in [4.69, 9.17) is 16.3 Å². The van der Waals surface area contributed by atoms with Crippen LogP contribution < -0.4 is 15.8 Å². The van der Waals surface area contributed by atoms with Gasteiger partial charge in [0.2, 0.25) is 0 Å². The molecule has 10 heteroatoms. The molecule has 1 aliphatic heterocycles. The van der Waals surface area contributed by atoms with E-state index >= 15 is 0 Å². The molecule has 0 bridgehead atoms. The SMILES string of the molecule is CNc1c(N2CCC(OC)CC2)c(=O)n(-c2ccccc2Cl)c2nc(C(F)(F)F)ccc12. The number of anilines is 2. The summed E-state index contributed by atoms with van der Waals surface area (Å²) in [6, 6.07) is 8.79. The number of hydrogen-bond donors (Lipinski definition) is 1. The van der Waals surface area contributed by atoms with Crippen LogP contribution in [-0.4, -0.2) is 42.9 Å². The lowest BCUT2D eigenvalue weighted by molar-refractivity contribution is -0.141. The molecule has 0 aliphatic carbocycles. The Balaban J connectivity index is 2.05. The van der Waals surface area contributed by atoms with Crippen LogP contribution in [0, 0.1) is 0 Å². The average molecular weight is 467 g/mol. The summed E-state index contributed by atoms with van der Waals surface area (Å²) in [5, 5.41) is 3.64. The molecule has 3 heterocycles. The van der Waals surface area contributed by atoms with Gasteiger partial charge in [0.1, 0.15) is 17.0 Å². The Morgan fingerprint density at radius 3 is 2.44 bits per heavy atom. The number of ether oxygens (including phenoxy) is 1. The van der Waals surface area contributed by atoms with Crippen LogP contribution in [0.5, 0.6) is 0 Å². The van der Waals surface area contributed by atoms with E-state index in [-0.39, 0.29) is 22.5 Å². The molecular formula is C22H22ClF3N4O2. The number of fused-ring (bicyclic) bond motifs is 1. The number of hydrogen-bond acceptors (Lipinski definition) is 5. The van der Waals surface area contributed by atoms with Crippen LogP contribution in [0.4, 0.5) is 24.5 Å². The first-order valence-electron chi connectivity index (χ1n) is 10.1. The molecule has 1 aliphatic rings. The molecule has 0 atom stereocenters. The highest BCUT2D eigenvalue weighted by atomic mass is 35.5. The molecule has 6 nitrogen and oxygen atoms in total. The highest BCUT2D eigenvalue weighted by molar-refractivity contribution is 6.32. The van der Waals surface area contributed by atoms with Crippen molar-refractivity contribution in [1.29, 1.82) is 0 Å². The van der Waals surface area contributed by atoms with E-state index in [9.17, 15) is 18.0 Å². The third-order valence-electron chi connectivity index (χ3n) is 5.72. The van der Waals surface area contributed by atoms with Crippen molar-refractivity contribution in [2.24, 2.45) is 0 Å². The van der Waals surface area contributed by atoms with E-state index in [1.807, 2.05) is 4.90 Å². The zero-order chi connectivity index (χ0) is 23.0. The lowest BCUT2D eigenvalue weighted by atomic mass is 10.1. The Labute approximate surface area is 187 Å². The fourth-order valence-electron chi connectivity index (χ4n) is 4.13. The number of rotatable bonds is 4. The van der Waals surface area contributed by atoms with Gasteiger partial charge in [0.15, 0.2) is 0 Å². The molecule has 4 rings (SSSR count). The molecule has 1 aromatic carbocycles. The van der Waals surface area contributed by atoms with Gasteiger partial charge >= 0.3 is 6.18 Å². The maximum absolute atomic E-state index is 13.8. The summed E-state index contributed by atoms with van der Waals surface area (Å²) in [6.45, 7) is 1.15. The minimum atomic E-state index is -4.66. The average Bonchev–Trinajstić information content (AvgIpc) is 2.78. The Morgan fingerprint density at radius 1 is 1.16 bits per heavy atom. The van der Waals surface area contributed by atoms with Crippen LogP contribution in [-0.2, 0) is 10.9 Å². The van der Waals surface area contributed by atoms with Crippen molar-refractivity contribution in [1.82, 2.24) is 9.55 Å². The molecule has 1 N–H and O–H groups in total.